The number of halogens is 3. The number of benzene rings is 1. The Kier molecular flexibility index (Phi) is 6.70. The molecule has 3 N–H and O–H groups in total. The van der Waals surface area contributed by atoms with Crippen LogP contribution in [0.1, 0.15) is 0 Å². The second kappa shape index (κ2) is 9.69. The van der Waals surface area contributed by atoms with Gasteiger partial charge in [0.2, 0.25) is 11.8 Å². The van der Waals surface area contributed by atoms with Gasteiger partial charge in [-0.1, -0.05) is 11.6 Å². The monoisotopic (exact) mass is 505 g/mol. The molecule has 176 valence electrons. The number of anilines is 3. The average molecular weight is 506 g/mol. The van der Waals surface area contributed by atoms with Crippen LogP contribution in [0.5, 0.6) is 5.88 Å². The molecule has 0 radical (unpaired) electrons. The lowest BCUT2D eigenvalue weighted by Gasteiger charge is -2.15. The smallest absolute Gasteiger partial charge is 0.231 e. The second-order valence-corrected chi connectivity index (χ2v) is 8.42. The maximum Gasteiger partial charge on any atom is 0.231 e. The van der Waals surface area contributed by atoms with Crippen LogP contribution in [0.15, 0.2) is 41.6 Å². The zero-order chi connectivity index (χ0) is 24.4. The Balaban J connectivity index is 1.80. The molecule has 0 amide bonds. The summed E-state index contributed by atoms with van der Waals surface area (Å²) in [5, 5.41) is 6.34. The van der Waals surface area contributed by atoms with Crippen LogP contribution in [0.2, 0.25) is 5.02 Å². The third kappa shape index (κ3) is 4.41. The molecule has 4 aromatic rings. The van der Waals surface area contributed by atoms with E-state index in [1.165, 1.54) is 31.6 Å². The maximum absolute atomic E-state index is 15.6. The van der Waals surface area contributed by atoms with E-state index in [1.54, 1.807) is 14.1 Å². The van der Waals surface area contributed by atoms with Crippen molar-refractivity contribution in [2.24, 2.45) is 0 Å². The van der Waals surface area contributed by atoms with Crippen LogP contribution in [0, 0.1) is 11.6 Å². The fourth-order valence-corrected chi connectivity index (χ4v) is 4.41. The van der Waals surface area contributed by atoms with Gasteiger partial charge in [-0.05, 0) is 24.3 Å². The number of rotatable bonds is 7. The van der Waals surface area contributed by atoms with E-state index in [0.29, 0.717) is 17.0 Å². The maximum atomic E-state index is 15.6. The fourth-order valence-electron chi connectivity index (χ4n) is 3.19. The molecule has 34 heavy (non-hydrogen) atoms. The Morgan fingerprint density at radius 1 is 1.06 bits per heavy atom. The molecule has 0 saturated heterocycles. The van der Waals surface area contributed by atoms with Crippen LogP contribution < -0.4 is 20.1 Å². The molecule has 0 fully saturated rings. The second-order valence-electron chi connectivity index (χ2n) is 6.81. The first-order valence-electron chi connectivity index (χ1n) is 9.76. The number of ether oxygens (including phenoxy) is 1. The predicted octanol–water partition coefficient (Wildman–Crippen LogP) is 4.25. The van der Waals surface area contributed by atoms with Gasteiger partial charge in [0.15, 0.2) is 22.5 Å². The Morgan fingerprint density at radius 2 is 1.85 bits per heavy atom. The Bertz CT molecular complexity index is 1420. The number of nitrogens with one attached hydrogen (secondary N) is 3. The summed E-state index contributed by atoms with van der Waals surface area (Å²) in [6.45, 7) is 0. The molecule has 1 unspecified atom stereocenters. The molecule has 13 heteroatoms. The minimum Gasteiger partial charge on any atom is -0.480 e. The number of nitrogens with zero attached hydrogens (tertiary/aromatic N) is 4. The SMILES string of the molecule is CNc1ncc2cc(-c3c(F)ccc(NS(=O)c4cc(Cl)cnc4OC)c3F)c(NC)nc2n1. The Morgan fingerprint density at radius 3 is 2.56 bits per heavy atom. The van der Waals surface area contributed by atoms with Crippen molar-refractivity contribution in [3.8, 4) is 17.0 Å². The first-order chi connectivity index (χ1) is 16.4. The van der Waals surface area contributed by atoms with Gasteiger partial charge >= 0.3 is 0 Å². The third-order valence-corrected chi connectivity index (χ3v) is 6.07. The number of fused-ring (bicyclic) bond motifs is 1. The first kappa shape index (κ1) is 23.5. The van der Waals surface area contributed by atoms with Crippen molar-refractivity contribution in [2.45, 2.75) is 4.90 Å². The van der Waals surface area contributed by atoms with E-state index < -0.39 is 22.6 Å². The van der Waals surface area contributed by atoms with Gasteiger partial charge in [0.25, 0.3) is 0 Å². The number of hydrogen-bond acceptors (Lipinski definition) is 8. The van der Waals surface area contributed by atoms with E-state index in [1.807, 2.05) is 0 Å². The number of aromatic nitrogens is 4. The van der Waals surface area contributed by atoms with Crippen molar-refractivity contribution in [1.82, 2.24) is 19.9 Å². The summed E-state index contributed by atoms with van der Waals surface area (Å²) in [6, 6.07) is 5.12. The van der Waals surface area contributed by atoms with Gasteiger partial charge in [-0.25, -0.2) is 27.9 Å². The van der Waals surface area contributed by atoms with Crippen LogP contribution in [-0.4, -0.2) is 45.3 Å². The number of hydrogen-bond donors (Lipinski definition) is 3. The van der Waals surface area contributed by atoms with E-state index in [2.05, 4.69) is 35.3 Å². The number of pyridine rings is 2. The van der Waals surface area contributed by atoms with Crippen molar-refractivity contribution in [2.75, 3.05) is 36.6 Å². The van der Waals surface area contributed by atoms with E-state index in [-0.39, 0.29) is 38.4 Å². The molecular weight excluding hydrogens is 488 g/mol. The van der Waals surface area contributed by atoms with E-state index >= 15 is 4.39 Å². The third-order valence-electron chi connectivity index (χ3n) is 4.77. The summed E-state index contributed by atoms with van der Waals surface area (Å²) in [5.41, 5.74) is -0.0956. The molecule has 9 nitrogen and oxygen atoms in total. The Labute approximate surface area is 200 Å². The predicted molar refractivity (Wildman–Crippen MR) is 128 cm³/mol. The Hall–Kier alpha value is -3.64. The highest BCUT2D eigenvalue weighted by molar-refractivity contribution is 7.86. The van der Waals surface area contributed by atoms with E-state index in [0.717, 1.165) is 12.1 Å². The molecule has 4 rings (SSSR count). The van der Waals surface area contributed by atoms with Crippen molar-refractivity contribution in [1.29, 1.82) is 0 Å². The lowest BCUT2D eigenvalue weighted by Crippen LogP contribution is -2.10. The van der Waals surface area contributed by atoms with Gasteiger partial charge in [-0.15, -0.1) is 0 Å². The summed E-state index contributed by atoms with van der Waals surface area (Å²) >= 11 is 5.95. The van der Waals surface area contributed by atoms with Crippen LogP contribution in [0.25, 0.3) is 22.2 Å². The normalized spacial score (nSPS) is 11.8. The topological polar surface area (TPSA) is 114 Å². The first-order valence-corrected chi connectivity index (χ1v) is 11.3. The van der Waals surface area contributed by atoms with Gasteiger partial charge in [0.1, 0.15) is 16.5 Å². The molecule has 0 spiro atoms. The molecule has 0 bridgehead atoms. The van der Waals surface area contributed by atoms with E-state index in [4.69, 9.17) is 16.3 Å². The van der Waals surface area contributed by atoms with Gasteiger partial charge in [0, 0.05) is 37.4 Å². The molecule has 1 atom stereocenters. The summed E-state index contributed by atoms with van der Waals surface area (Å²) in [5.74, 6) is -1.19. The molecule has 1 aromatic carbocycles. The van der Waals surface area contributed by atoms with E-state index in [9.17, 15) is 8.60 Å². The van der Waals surface area contributed by atoms with Gasteiger partial charge in [0.05, 0.1) is 23.4 Å². The summed E-state index contributed by atoms with van der Waals surface area (Å²) < 4.78 is 51.0. The van der Waals surface area contributed by atoms with Crippen LogP contribution >= 0.6 is 11.6 Å². The van der Waals surface area contributed by atoms with Crippen LogP contribution in [0.3, 0.4) is 0 Å². The highest BCUT2D eigenvalue weighted by Gasteiger charge is 2.22. The quantitative estimate of drug-likeness (QED) is 0.341. The standard InChI is InChI=1S/C21H18ClF2N7O2S/c1-25-19-12(6-10-8-28-21(26-2)30-18(10)29-19)16-13(23)4-5-14(17(16)24)31-34(32)15-7-11(22)9-27-20(15)33-3/h4-9,31H,1-3H3,(H2,25,26,28,29,30). The molecule has 3 aromatic heterocycles. The largest absolute Gasteiger partial charge is 0.480 e. The lowest BCUT2D eigenvalue weighted by atomic mass is 10.0. The molecule has 0 saturated carbocycles. The molecule has 3 heterocycles. The van der Waals surface area contributed by atoms with Gasteiger partial charge in [-0.3, -0.25) is 4.72 Å². The lowest BCUT2D eigenvalue weighted by molar-refractivity contribution is 0.386. The number of methoxy groups -OCH3 is 1. The van der Waals surface area contributed by atoms with Gasteiger partial charge < -0.3 is 15.4 Å². The summed E-state index contributed by atoms with van der Waals surface area (Å²) in [7, 11) is 2.57. The average Bonchev–Trinajstić information content (AvgIpc) is 2.84. The van der Waals surface area contributed by atoms with Crippen LogP contribution in [0.4, 0.5) is 26.2 Å². The van der Waals surface area contributed by atoms with Crippen molar-refractivity contribution in [3.63, 3.8) is 0 Å². The van der Waals surface area contributed by atoms with Gasteiger partial charge in [-0.2, -0.15) is 4.98 Å². The molecule has 0 aliphatic carbocycles. The minimum atomic E-state index is -2.01. The molecular formula is C21H18ClF2N7O2S. The minimum absolute atomic E-state index is 0.0510. The highest BCUT2D eigenvalue weighted by Crippen LogP contribution is 2.36. The van der Waals surface area contributed by atoms with Crippen molar-refractivity contribution in [3.05, 3.63) is 53.3 Å². The van der Waals surface area contributed by atoms with Crippen molar-refractivity contribution < 1.29 is 17.7 Å². The van der Waals surface area contributed by atoms with Crippen molar-refractivity contribution >= 4 is 51.1 Å². The fraction of sp³-hybridized carbons (Fsp3) is 0.143. The zero-order valence-corrected chi connectivity index (χ0v) is 19.7. The molecule has 0 aliphatic heterocycles. The molecule has 0 aliphatic rings. The zero-order valence-electron chi connectivity index (χ0n) is 18.1. The summed E-state index contributed by atoms with van der Waals surface area (Å²) in [6.07, 6.45) is 2.82. The summed E-state index contributed by atoms with van der Waals surface area (Å²) in [4.78, 5) is 16.8. The van der Waals surface area contributed by atoms with Crippen LogP contribution in [-0.2, 0) is 11.0 Å². The highest BCUT2D eigenvalue weighted by atomic mass is 35.5.